The fourth-order valence-electron chi connectivity index (χ4n) is 2.52. The molecule has 0 aliphatic carbocycles. The van der Waals surface area contributed by atoms with Gasteiger partial charge in [0.25, 0.3) is 0 Å². The fraction of sp³-hybridized carbons (Fsp3) is 0.190. The molecule has 0 saturated carbocycles. The van der Waals surface area contributed by atoms with E-state index in [0.717, 1.165) is 16.8 Å². The predicted molar refractivity (Wildman–Crippen MR) is 111 cm³/mol. The Morgan fingerprint density at radius 2 is 1.86 bits per heavy atom. The number of aryl methyl sites for hydroxylation is 1. The third-order valence-corrected chi connectivity index (χ3v) is 5.12. The van der Waals surface area contributed by atoms with Crippen molar-refractivity contribution >= 4 is 40.5 Å². The van der Waals surface area contributed by atoms with E-state index < -0.39 is 0 Å². The van der Waals surface area contributed by atoms with Crippen LogP contribution in [0.3, 0.4) is 0 Å². The molecule has 0 unspecified atom stereocenters. The van der Waals surface area contributed by atoms with Gasteiger partial charge in [0.2, 0.25) is 5.91 Å². The van der Waals surface area contributed by atoms with Crippen molar-refractivity contribution < 1.29 is 14.3 Å². The molecule has 5 nitrogen and oxygen atoms in total. The van der Waals surface area contributed by atoms with Crippen molar-refractivity contribution in [3.05, 3.63) is 80.8 Å². The molecule has 3 rings (SSSR count). The maximum absolute atomic E-state index is 12.2. The van der Waals surface area contributed by atoms with Crippen LogP contribution in [0, 0.1) is 6.92 Å². The van der Waals surface area contributed by atoms with Crippen LogP contribution in [0.2, 0.25) is 5.02 Å². The molecule has 2 aromatic carbocycles. The molecule has 0 atom stereocenters. The van der Waals surface area contributed by atoms with Gasteiger partial charge in [0.15, 0.2) is 0 Å². The maximum Gasteiger partial charge on any atom is 0.310 e. The van der Waals surface area contributed by atoms with Crippen LogP contribution in [0.4, 0.5) is 5.69 Å². The second kappa shape index (κ2) is 9.48. The second-order valence-electron chi connectivity index (χ2n) is 6.24. The van der Waals surface area contributed by atoms with Gasteiger partial charge in [-0.3, -0.25) is 9.59 Å². The molecule has 1 N–H and O–H groups in total. The number of carbonyl (C=O) groups is 2. The van der Waals surface area contributed by atoms with E-state index >= 15 is 0 Å². The fourth-order valence-corrected chi connectivity index (χ4v) is 3.42. The molecule has 0 aliphatic rings. The summed E-state index contributed by atoms with van der Waals surface area (Å²) in [7, 11) is 0. The molecule has 28 heavy (non-hydrogen) atoms. The van der Waals surface area contributed by atoms with Crippen molar-refractivity contribution in [1.82, 2.24) is 4.98 Å². The van der Waals surface area contributed by atoms with Gasteiger partial charge in [-0.15, -0.1) is 11.3 Å². The number of para-hydroxylation sites is 1. The van der Waals surface area contributed by atoms with Crippen LogP contribution in [0.1, 0.15) is 21.8 Å². The van der Waals surface area contributed by atoms with E-state index in [9.17, 15) is 9.59 Å². The molecule has 1 amide bonds. The van der Waals surface area contributed by atoms with Crippen molar-refractivity contribution in [2.24, 2.45) is 0 Å². The summed E-state index contributed by atoms with van der Waals surface area (Å²) in [6.45, 7) is 2.03. The molecule has 1 heterocycles. The van der Waals surface area contributed by atoms with Gasteiger partial charge in [0.05, 0.1) is 18.5 Å². The normalized spacial score (nSPS) is 10.5. The van der Waals surface area contributed by atoms with Gasteiger partial charge in [-0.25, -0.2) is 4.98 Å². The minimum absolute atomic E-state index is 0.0857. The lowest BCUT2D eigenvalue weighted by Gasteiger charge is -2.06. The average molecular weight is 415 g/mol. The third-order valence-electron chi connectivity index (χ3n) is 3.97. The van der Waals surface area contributed by atoms with Gasteiger partial charge in [0, 0.05) is 16.1 Å². The summed E-state index contributed by atoms with van der Waals surface area (Å²) >= 11 is 7.20. The highest BCUT2D eigenvalue weighted by Crippen LogP contribution is 2.16. The molecule has 0 aliphatic heterocycles. The lowest BCUT2D eigenvalue weighted by Crippen LogP contribution is -2.15. The Kier molecular flexibility index (Phi) is 6.79. The number of aromatic nitrogens is 1. The monoisotopic (exact) mass is 414 g/mol. The number of ether oxygens (including phenoxy) is 1. The standard InChI is InChI=1S/C21H19ClN2O3S/c1-14-4-2-3-5-18(14)24-19(25)11-20-23-17(13-28-20)12-27-21(26)10-15-6-8-16(22)9-7-15/h2-9,13H,10-12H2,1H3,(H,24,25). The zero-order valence-corrected chi connectivity index (χ0v) is 16.8. The molecule has 0 saturated heterocycles. The summed E-state index contributed by atoms with van der Waals surface area (Å²) in [5.74, 6) is -0.468. The lowest BCUT2D eigenvalue weighted by atomic mass is 10.1. The van der Waals surface area contributed by atoms with E-state index in [2.05, 4.69) is 10.3 Å². The van der Waals surface area contributed by atoms with E-state index in [-0.39, 0.29) is 31.3 Å². The summed E-state index contributed by atoms with van der Waals surface area (Å²) in [6, 6.07) is 14.7. The van der Waals surface area contributed by atoms with Crippen LogP contribution in [0.15, 0.2) is 53.9 Å². The van der Waals surface area contributed by atoms with Crippen LogP contribution in [0.5, 0.6) is 0 Å². The summed E-state index contributed by atoms with van der Waals surface area (Å²) in [4.78, 5) is 28.5. The molecule has 0 fully saturated rings. The van der Waals surface area contributed by atoms with E-state index in [1.807, 2.05) is 31.2 Å². The van der Waals surface area contributed by atoms with Crippen molar-refractivity contribution in [3.63, 3.8) is 0 Å². The number of nitrogens with zero attached hydrogens (tertiary/aromatic N) is 1. The molecular formula is C21H19ClN2O3S. The number of halogens is 1. The Labute approximate surface area is 172 Å². The van der Waals surface area contributed by atoms with Gasteiger partial charge < -0.3 is 10.1 Å². The summed E-state index contributed by atoms with van der Waals surface area (Å²) in [5, 5.41) is 5.98. The molecule has 3 aromatic rings. The van der Waals surface area contributed by atoms with Crippen molar-refractivity contribution in [3.8, 4) is 0 Å². The number of amides is 1. The van der Waals surface area contributed by atoms with Crippen LogP contribution in [0.25, 0.3) is 0 Å². The van der Waals surface area contributed by atoms with Crippen LogP contribution in [-0.2, 0) is 33.8 Å². The Morgan fingerprint density at radius 1 is 1.11 bits per heavy atom. The predicted octanol–water partition coefficient (Wildman–Crippen LogP) is 4.57. The first-order valence-electron chi connectivity index (χ1n) is 8.68. The Morgan fingerprint density at radius 3 is 2.61 bits per heavy atom. The molecule has 0 bridgehead atoms. The zero-order chi connectivity index (χ0) is 19.9. The van der Waals surface area contributed by atoms with Gasteiger partial charge in [-0.1, -0.05) is 41.9 Å². The zero-order valence-electron chi connectivity index (χ0n) is 15.3. The topological polar surface area (TPSA) is 68.3 Å². The maximum atomic E-state index is 12.2. The summed E-state index contributed by atoms with van der Waals surface area (Å²) in [6.07, 6.45) is 0.352. The highest BCUT2D eigenvalue weighted by atomic mass is 35.5. The number of nitrogens with one attached hydrogen (secondary N) is 1. The number of hydrogen-bond acceptors (Lipinski definition) is 5. The average Bonchev–Trinajstić information content (AvgIpc) is 3.11. The number of esters is 1. The smallest absolute Gasteiger partial charge is 0.310 e. The van der Waals surface area contributed by atoms with Crippen molar-refractivity contribution in [2.75, 3.05) is 5.32 Å². The number of hydrogen-bond donors (Lipinski definition) is 1. The third kappa shape index (κ3) is 5.90. The lowest BCUT2D eigenvalue weighted by molar-refractivity contribution is -0.144. The van der Waals surface area contributed by atoms with Crippen molar-refractivity contribution in [2.45, 2.75) is 26.4 Å². The number of benzene rings is 2. The molecule has 0 radical (unpaired) electrons. The SMILES string of the molecule is Cc1ccccc1NC(=O)Cc1nc(COC(=O)Cc2ccc(Cl)cc2)cs1. The molecule has 0 spiro atoms. The first-order chi connectivity index (χ1) is 13.5. The molecular weight excluding hydrogens is 396 g/mol. The van der Waals surface area contributed by atoms with Gasteiger partial charge in [-0.2, -0.15) is 0 Å². The Bertz CT molecular complexity index is 970. The van der Waals surface area contributed by atoms with Gasteiger partial charge >= 0.3 is 5.97 Å². The minimum atomic E-state index is -0.339. The van der Waals surface area contributed by atoms with Crippen LogP contribution < -0.4 is 5.32 Å². The number of thiazole rings is 1. The van der Waals surface area contributed by atoms with Gasteiger partial charge in [-0.05, 0) is 36.2 Å². The Hall–Kier alpha value is -2.70. The first-order valence-corrected chi connectivity index (χ1v) is 9.94. The number of rotatable bonds is 7. The van der Waals surface area contributed by atoms with E-state index in [1.165, 1.54) is 11.3 Å². The quantitative estimate of drug-likeness (QED) is 0.575. The molecule has 7 heteroatoms. The highest BCUT2D eigenvalue weighted by Gasteiger charge is 2.11. The number of carbonyl (C=O) groups excluding carboxylic acids is 2. The van der Waals surface area contributed by atoms with Crippen LogP contribution in [-0.4, -0.2) is 16.9 Å². The minimum Gasteiger partial charge on any atom is -0.459 e. The van der Waals surface area contributed by atoms with Crippen molar-refractivity contribution in [1.29, 1.82) is 0 Å². The summed E-state index contributed by atoms with van der Waals surface area (Å²) in [5.41, 5.74) is 3.26. The van der Waals surface area contributed by atoms with Gasteiger partial charge in [0.1, 0.15) is 11.6 Å². The van der Waals surface area contributed by atoms with E-state index in [1.54, 1.807) is 29.6 Å². The molecule has 1 aromatic heterocycles. The first kappa shape index (κ1) is 20.0. The number of anilines is 1. The largest absolute Gasteiger partial charge is 0.459 e. The molecule has 144 valence electrons. The summed E-state index contributed by atoms with van der Waals surface area (Å²) < 4.78 is 5.26. The van der Waals surface area contributed by atoms with E-state index in [0.29, 0.717) is 15.7 Å². The van der Waals surface area contributed by atoms with E-state index in [4.69, 9.17) is 16.3 Å². The second-order valence-corrected chi connectivity index (χ2v) is 7.62. The highest BCUT2D eigenvalue weighted by molar-refractivity contribution is 7.09. The van der Waals surface area contributed by atoms with Crippen LogP contribution >= 0.6 is 22.9 Å². The Balaban J connectivity index is 1.47.